The summed E-state index contributed by atoms with van der Waals surface area (Å²) in [6.45, 7) is 9.01. The molecule has 1 atom stereocenters. The van der Waals surface area contributed by atoms with E-state index in [0.717, 1.165) is 0 Å². The van der Waals surface area contributed by atoms with Crippen molar-refractivity contribution >= 4 is 0 Å². The molecule has 0 amide bonds. The SMILES string of the molecule is CCCCCCCCCC(NN)C(C)(C)C. The second-order valence-electron chi connectivity index (χ2n) is 6.00. The van der Waals surface area contributed by atoms with Crippen LogP contribution in [-0.2, 0) is 0 Å². The van der Waals surface area contributed by atoms with Gasteiger partial charge in [-0.3, -0.25) is 11.3 Å². The van der Waals surface area contributed by atoms with E-state index in [1.807, 2.05) is 0 Å². The predicted molar refractivity (Wildman–Crippen MR) is 73.2 cm³/mol. The molecule has 0 radical (unpaired) electrons. The highest BCUT2D eigenvalue weighted by Gasteiger charge is 2.22. The topological polar surface area (TPSA) is 38.0 Å². The Labute approximate surface area is 102 Å². The lowest BCUT2D eigenvalue weighted by Gasteiger charge is -2.30. The van der Waals surface area contributed by atoms with Crippen molar-refractivity contribution in [2.45, 2.75) is 85.1 Å². The molecule has 0 aliphatic carbocycles. The average Bonchev–Trinajstić information content (AvgIpc) is 2.20. The van der Waals surface area contributed by atoms with Crippen molar-refractivity contribution in [3.05, 3.63) is 0 Å². The van der Waals surface area contributed by atoms with Gasteiger partial charge < -0.3 is 0 Å². The first-order chi connectivity index (χ1) is 7.52. The van der Waals surface area contributed by atoms with Gasteiger partial charge in [0.05, 0.1) is 0 Å². The summed E-state index contributed by atoms with van der Waals surface area (Å²) < 4.78 is 0. The highest BCUT2D eigenvalue weighted by molar-refractivity contribution is 4.78. The van der Waals surface area contributed by atoms with Gasteiger partial charge in [-0.1, -0.05) is 72.6 Å². The summed E-state index contributed by atoms with van der Waals surface area (Å²) in [4.78, 5) is 0. The third-order valence-corrected chi connectivity index (χ3v) is 3.34. The Hall–Kier alpha value is -0.0800. The van der Waals surface area contributed by atoms with Gasteiger partial charge in [0.25, 0.3) is 0 Å². The third-order valence-electron chi connectivity index (χ3n) is 3.34. The van der Waals surface area contributed by atoms with Crippen molar-refractivity contribution in [1.29, 1.82) is 0 Å². The van der Waals surface area contributed by atoms with E-state index < -0.39 is 0 Å². The number of hydrogen-bond acceptors (Lipinski definition) is 2. The fourth-order valence-corrected chi connectivity index (χ4v) is 2.07. The van der Waals surface area contributed by atoms with Crippen molar-refractivity contribution in [1.82, 2.24) is 5.43 Å². The summed E-state index contributed by atoms with van der Waals surface area (Å²) in [5, 5.41) is 0. The van der Waals surface area contributed by atoms with Crippen molar-refractivity contribution < 1.29 is 0 Å². The van der Waals surface area contributed by atoms with Crippen molar-refractivity contribution in [2.75, 3.05) is 0 Å². The lowest BCUT2D eigenvalue weighted by atomic mass is 9.84. The molecule has 0 spiro atoms. The minimum Gasteiger partial charge on any atom is -0.271 e. The number of hydrazine groups is 1. The van der Waals surface area contributed by atoms with E-state index in [0.29, 0.717) is 6.04 Å². The third kappa shape index (κ3) is 8.12. The summed E-state index contributed by atoms with van der Waals surface area (Å²) in [6, 6.07) is 0.447. The van der Waals surface area contributed by atoms with Crippen LogP contribution in [0.1, 0.15) is 79.1 Å². The van der Waals surface area contributed by atoms with Crippen LogP contribution >= 0.6 is 0 Å². The zero-order valence-corrected chi connectivity index (χ0v) is 11.8. The summed E-state index contributed by atoms with van der Waals surface area (Å²) in [6.07, 6.45) is 10.8. The summed E-state index contributed by atoms with van der Waals surface area (Å²) in [5.74, 6) is 5.59. The van der Waals surface area contributed by atoms with E-state index in [2.05, 4.69) is 33.1 Å². The molecule has 2 heteroatoms. The lowest BCUT2D eigenvalue weighted by molar-refractivity contribution is 0.251. The van der Waals surface area contributed by atoms with Gasteiger partial charge >= 0.3 is 0 Å². The Bertz CT molecular complexity index is 149. The highest BCUT2D eigenvalue weighted by Crippen LogP contribution is 2.23. The fourth-order valence-electron chi connectivity index (χ4n) is 2.07. The molecule has 98 valence electrons. The molecule has 0 aliphatic heterocycles. The maximum Gasteiger partial charge on any atom is 0.0259 e. The molecule has 0 aliphatic rings. The number of nitrogens with two attached hydrogens (primary N) is 1. The first-order valence-corrected chi connectivity index (χ1v) is 6.98. The Kier molecular flexibility index (Phi) is 8.96. The molecule has 0 heterocycles. The van der Waals surface area contributed by atoms with Gasteiger partial charge in [0.15, 0.2) is 0 Å². The first-order valence-electron chi connectivity index (χ1n) is 6.98. The Morgan fingerprint density at radius 3 is 1.88 bits per heavy atom. The molecule has 0 aromatic carbocycles. The molecule has 0 rings (SSSR count). The van der Waals surface area contributed by atoms with E-state index in [9.17, 15) is 0 Å². The van der Waals surface area contributed by atoms with E-state index in [1.54, 1.807) is 0 Å². The molecule has 0 saturated carbocycles. The van der Waals surface area contributed by atoms with Crippen LogP contribution in [0.3, 0.4) is 0 Å². The van der Waals surface area contributed by atoms with E-state index in [-0.39, 0.29) is 5.41 Å². The second kappa shape index (κ2) is 9.00. The molecule has 0 bridgehead atoms. The van der Waals surface area contributed by atoms with Gasteiger partial charge in [-0.15, -0.1) is 0 Å². The van der Waals surface area contributed by atoms with Crippen LogP contribution in [0.5, 0.6) is 0 Å². The minimum absolute atomic E-state index is 0.275. The van der Waals surface area contributed by atoms with Gasteiger partial charge in [-0.2, -0.15) is 0 Å². The maximum absolute atomic E-state index is 5.59. The van der Waals surface area contributed by atoms with Crippen LogP contribution in [0.25, 0.3) is 0 Å². The van der Waals surface area contributed by atoms with Crippen LogP contribution in [0, 0.1) is 5.41 Å². The van der Waals surface area contributed by atoms with Crippen LogP contribution in [0.4, 0.5) is 0 Å². The van der Waals surface area contributed by atoms with Gasteiger partial charge in [0.1, 0.15) is 0 Å². The molecule has 0 aromatic rings. The van der Waals surface area contributed by atoms with Gasteiger partial charge in [-0.05, 0) is 11.8 Å². The largest absolute Gasteiger partial charge is 0.271 e. The van der Waals surface area contributed by atoms with Gasteiger partial charge in [0.2, 0.25) is 0 Å². The van der Waals surface area contributed by atoms with Crippen LogP contribution < -0.4 is 11.3 Å². The Morgan fingerprint density at radius 1 is 0.938 bits per heavy atom. The maximum atomic E-state index is 5.59. The van der Waals surface area contributed by atoms with Crippen LogP contribution in [-0.4, -0.2) is 6.04 Å². The molecular weight excluding hydrogens is 196 g/mol. The number of nitrogens with one attached hydrogen (secondary N) is 1. The molecule has 1 unspecified atom stereocenters. The molecule has 0 fully saturated rings. The second-order valence-corrected chi connectivity index (χ2v) is 6.00. The zero-order valence-electron chi connectivity index (χ0n) is 11.8. The Morgan fingerprint density at radius 2 is 1.44 bits per heavy atom. The quantitative estimate of drug-likeness (QED) is 0.355. The fraction of sp³-hybridized carbons (Fsp3) is 1.00. The molecule has 2 nitrogen and oxygen atoms in total. The summed E-state index contributed by atoms with van der Waals surface area (Å²) >= 11 is 0. The van der Waals surface area contributed by atoms with E-state index in [4.69, 9.17) is 5.84 Å². The smallest absolute Gasteiger partial charge is 0.0259 e. The first kappa shape index (κ1) is 15.9. The van der Waals surface area contributed by atoms with Crippen molar-refractivity contribution in [2.24, 2.45) is 11.3 Å². The number of unbranched alkanes of at least 4 members (excludes halogenated alkanes) is 6. The number of rotatable bonds is 9. The normalized spacial score (nSPS) is 14.1. The molecule has 3 N–H and O–H groups in total. The zero-order chi connectivity index (χ0) is 12.4. The Balaban J connectivity index is 3.42. The molecular formula is C14H32N2. The molecule has 16 heavy (non-hydrogen) atoms. The average molecular weight is 228 g/mol. The van der Waals surface area contributed by atoms with Crippen molar-refractivity contribution in [3.63, 3.8) is 0 Å². The highest BCUT2D eigenvalue weighted by atomic mass is 15.2. The predicted octanol–water partition coefficient (Wildman–Crippen LogP) is 4.01. The van der Waals surface area contributed by atoms with Crippen LogP contribution in [0.15, 0.2) is 0 Å². The lowest BCUT2D eigenvalue weighted by Crippen LogP contribution is -2.44. The molecule has 0 saturated heterocycles. The summed E-state index contributed by atoms with van der Waals surface area (Å²) in [7, 11) is 0. The van der Waals surface area contributed by atoms with E-state index >= 15 is 0 Å². The monoisotopic (exact) mass is 228 g/mol. The van der Waals surface area contributed by atoms with Gasteiger partial charge in [0, 0.05) is 6.04 Å². The van der Waals surface area contributed by atoms with E-state index in [1.165, 1.54) is 51.4 Å². The molecule has 0 aromatic heterocycles. The number of hydrogen-bond donors (Lipinski definition) is 2. The van der Waals surface area contributed by atoms with Crippen LogP contribution in [0.2, 0.25) is 0 Å². The standard InChI is InChI=1S/C14H32N2/c1-5-6-7-8-9-10-11-12-13(16-15)14(2,3)4/h13,16H,5-12,15H2,1-4H3. The minimum atomic E-state index is 0.275. The van der Waals surface area contributed by atoms with Gasteiger partial charge in [-0.25, -0.2) is 0 Å². The van der Waals surface area contributed by atoms with Crippen molar-refractivity contribution in [3.8, 4) is 0 Å². The summed E-state index contributed by atoms with van der Waals surface area (Å²) in [5.41, 5.74) is 3.23.